The predicted octanol–water partition coefficient (Wildman–Crippen LogP) is 3.34. The Hall–Kier alpha value is -3.25. The molecule has 0 atom stereocenters. The maximum absolute atomic E-state index is 4.65. The third-order valence-corrected chi connectivity index (χ3v) is 5.27. The van der Waals surface area contributed by atoms with E-state index >= 15 is 0 Å². The fraction of sp³-hybridized carbons (Fsp3) is 0.227. The molecule has 1 aliphatic heterocycles. The van der Waals surface area contributed by atoms with Crippen molar-refractivity contribution in [1.29, 1.82) is 0 Å². The first kappa shape index (κ1) is 16.9. The van der Waals surface area contributed by atoms with Gasteiger partial charge in [-0.25, -0.2) is 15.0 Å². The summed E-state index contributed by atoms with van der Waals surface area (Å²) < 4.78 is 0. The number of aromatic amines is 1. The summed E-state index contributed by atoms with van der Waals surface area (Å²) in [7, 11) is 0. The lowest BCUT2D eigenvalue weighted by Gasteiger charge is -2.34. The highest BCUT2D eigenvalue weighted by Crippen LogP contribution is 2.26. The van der Waals surface area contributed by atoms with Gasteiger partial charge in [0, 0.05) is 62.6 Å². The van der Waals surface area contributed by atoms with Crippen molar-refractivity contribution < 1.29 is 0 Å². The quantitative estimate of drug-likeness (QED) is 0.597. The molecule has 2 aromatic heterocycles. The van der Waals surface area contributed by atoms with Crippen LogP contribution in [0.3, 0.4) is 0 Å². The second-order valence-corrected chi connectivity index (χ2v) is 7.10. The molecule has 6 heteroatoms. The van der Waals surface area contributed by atoms with Gasteiger partial charge in [-0.05, 0) is 16.8 Å². The Bertz CT molecular complexity index is 1060. The molecule has 1 saturated heterocycles. The highest BCUT2D eigenvalue weighted by atomic mass is 15.3. The van der Waals surface area contributed by atoms with E-state index in [1.54, 1.807) is 12.4 Å². The number of H-pyrrole nitrogens is 1. The van der Waals surface area contributed by atoms with Crippen molar-refractivity contribution in [3.63, 3.8) is 0 Å². The molecule has 1 fully saturated rings. The Labute approximate surface area is 163 Å². The second-order valence-electron chi connectivity index (χ2n) is 7.10. The van der Waals surface area contributed by atoms with Crippen LogP contribution in [-0.2, 0) is 6.54 Å². The van der Waals surface area contributed by atoms with E-state index in [1.165, 1.54) is 10.8 Å². The summed E-state index contributed by atoms with van der Waals surface area (Å²) in [5, 5.41) is 2.46. The van der Waals surface area contributed by atoms with Gasteiger partial charge in [0.15, 0.2) is 0 Å². The van der Waals surface area contributed by atoms with E-state index in [1.807, 2.05) is 12.3 Å². The normalized spacial score (nSPS) is 15.2. The summed E-state index contributed by atoms with van der Waals surface area (Å²) in [6, 6.07) is 16.6. The Balaban J connectivity index is 1.27. The molecule has 3 heterocycles. The van der Waals surface area contributed by atoms with E-state index < -0.39 is 0 Å². The zero-order valence-corrected chi connectivity index (χ0v) is 15.6. The van der Waals surface area contributed by atoms with Gasteiger partial charge in [0.1, 0.15) is 5.82 Å². The molecule has 140 valence electrons. The van der Waals surface area contributed by atoms with Crippen LogP contribution >= 0.6 is 0 Å². The minimum absolute atomic E-state index is 0.821. The number of rotatable bonds is 4. The van der Waals surface area contributed by atoms with Gasteiger partial charge < -0.3 is 9.88 Å². The Kier molecular flexibility index (Phi) is 4.47. The van der Waals surface area contributed by atoms with Crippen LogP contribution in [0.5, 0.6) is 0 Å². The fourth-order valence-corrected chi connectivity index (χ4v) is 3.81. The van der Waals surface area contributed by atoms with Gasteiger partial charge in [0.2, 0.25) is 5.95 Å². The summed E-state index contributed by atoms with van der Waals surface area (Å²) in [5.41, 5.74) is 2.29. The molecule has 0 saturated carbocycles. The summed E-state index contributed by atoms with van der Waals surface area (Å²) in [4.78, 5) is 21.6. The first-order valence-corrected chi connectivity index (χ1v) is 9.63. The standard InChI is InChI=1S/C22H22N6/c1-2-7-19-17(5-1)6-3-8-20(19)21-25-15-18(26-21)16-27-11-13-28(14-12-27)22-23-9-4-10-24-22/h1-10,15H,11-14,16H2,(H,25,26). The minimum Gasteiger partial charge on any atom is -0.341 e. The third kappa shape index (κ3) is 3.34. The molecule has 0 spiro atoms. The number of aromatic nitrogens is 4. The van der Waals surface area contributed by atoms with Crippen molar-refractivity contribution in [3.05, 3.63) is 72.8 Å². The summed E-state index contributed by atoms with van der Waals surface area (Å²) >= 11 is 0. The van der Waals surface area contributed by atoms with E-state index in [0.717, 1.165) is 55.8 Å². The number of benzene rings is 2. The molecule has 1 aliphatic rings. The van der Waals surface area contributed by atoms with Crippen LogP contribution in [0.2, 0.25) is 0 Å². The first-order chi connectivity index (χ1) is 13.9. The lowest BCUT2D eigenvalue weighted by Crippen LogP contribution is -2.46. The van der Waals surface area contributed by atoms with Gasteiger partial charge in [0.05, 0.1) is 0 Å². The SMILES string of the molecule is c1cnc(N2CCN(Cc3cnc(-c4cccc5ccccc45)[nH]3)CC2)nc1. The first-order valence-electron chi connectivity index (χ1n) is 9.63. The van der Waals surface area contributed by atoms with Gasteiger partial charge >= 0.3 is 0 Å². The van der Waals surface area contributed by atoms with Gasteiger partial charge in [-0.1, -0.05) is 42.5 Å². The maximum atomic E-state index is 4.65. The largest absolute Gasteiger partial charge is 0.341 e. The van der Waals surface area contributed by atoms with E-state index in [-0.39, 0.29) is 0 Å². The molecular formula is C22H22N6. The van der Waals surface area contributed by atoms with Crippen LogP contribution in [-0.4, -0.2) is 51.0 Å². The fourth-order valence-electron chi connectivity index (χ4n) is 3.81. The van der Waals surface area contributed by atoms with Crippen LogP contribution in [0, 0.1) is 0 Å². The van der Waals surface area contributed by atoms with Crippen LogP contribution in [0.15, 0.2) is 67.1 Å². The van der Waals surface area contributed by atoms with E-state index in [4.69, 9.17) is 0 Å². The molecule has 6 nitrogen and oxygen atoms in total. The van der Waals surface area contributed by atoms with E-state index in [2.05, 4.69) is 72.2 Å². The Morgan fingerprint density at radius 3 is 2.46 bits per heavy atom. The van der Waals surface area contributed by atoms with Crippen molar-refractivity contribution in [2.75, 3.05) is 31.1 Å². The van der Waals surface area contributed by atoms with Crippen LogP contribution in [0.25, 0.3) is 22.2 Å². The van der Waals surface area contributed by atoms with Crippen LogP contribution < -0.4 is 4.90 Å². The number of hydrogen-bond donors (Lipinski definition) is 1. The number of imidazole rings is 1. The average molecular weight is 370 g/mol. The summed E-state index contributed by atoms with van der Waals surface area (Å²) in [6.07, 6.45) is 5.56. The monoisotopic (exact) mass is 370 g/mol. The number of nitrogens with zero attached hydrogens (tertiary/aromatic N) is 5. The molecule has 28 heavy (non-hydrogen) atoms. The number of fused-ring (bicyclic) bond motifs is 1. The smallest absolute Gasteiger partial charge is 0.225 e. The zero-order valence-electron chi connectivity index (χ0n) is 15.6. The van der Waals surface area contributed by atoms with Crippen LogP contribution in [0.4, 0.5) is 5.95 Å². The van der Waals surface area contributed by atoms with E-state index in [0.29, 0.717) is 0 Å². The molecule has 0 radical (unpaired) electrons. The van der Waals surface area contributed by atoms with Gasteiger partial charge in [-0.2, -0.15) is 0 Å². The molecule has 5 rings (SSSR count). The molecule has 0 unspecified atom stereocenters. The molecule has 0 bridgehead atoms. The molecular weight excluding hydrogens is 348 g/mol. The van der Waals surface area contributed by atoms with Gasteiger partial charge in [0.25, 0.3) is 0 Å². The molecule has 1 N–H and O–H groups in total. The number of piperazine rings is 1. The molecule has 0 amide bonds. The molecule has 0 aliphatic carbocycles. The topological polar surface area (TPSA) is 60.9 Å². The number of anilines is 1. The molecule has 2 aromatic carbocycles. The van der Waals surface area contributed by atoms with Crippen molar-refractivity contribution in [2.24, 2.45) is 0 Å². The Morgan fingerprint density at radius 1 is 0.821 bits per heavy atom. The second kappa shape index (κ2) is 7.40. The zero-order chi connectivity index (χ0) is 18.8. The average Bonchev–Trinajstić information content (AvgIpc) is 3.23. The molecule has 4 aromatic rings. The summed E-state index contributed by atoms with van der Waals surface area (Å²) in [5.74, 6) is 1.75. The maximum Gasteiger partial charge on any atom is 0.225 e. The lowest BCUT2D eigenvalue weighted by atomic mass is 10.0. The summed E-state index contributed by atoms with van der Waals surface area (Å²) in [6.45, 7) is 4.73. The van der Waals surface area contributed by atoms with Crippen LogP contribution in [0.1, 0.15) is 5.69 Å². The van der Waals surface area contributed by atoms with Crippen molar-refractivity contribution in [3.8, 4) is 11.4 Å². The predicted molar refractivity (Wildman–Crippen MR) is 111 cm³/mol. The van der Waals surface area contributed by atoms with Gasteiger partial charge in [-0.15, -0.1) is 0 Å². The third-order valence-electron chi connectivity index (χ3n) is 5.27. The van der Waals surface area contributed by atoms with Crippen molar-refractivity contribution >= 4 is 16.7 Å². The number of hydrogen-bond acceptors (Lipinski definition) is 5. The Morgan fingerprint density at radius 2 is 1.61 bits per heavy atom. The van der Waals surface area contributed by atoms with Crippen molar-refractivity contribution in [2.45, 2.75) is 6.54 Å². The van der Waals surface area contributed by atoms with E-state index in [9.17, 15) is 0 Å². The highest BCUT2D eigenvalue weighted by Gasteiger charge is 2.19. The minimum atomic E-state index is 0.821. The van der Waals surface area contributed by atoms with Gasteiger partial charge in [-0.3, -0.25) is 4.90 Å². The van der Waals surface area contributed by atoms with Crippen molar-refractivity contribution in [1.82, 2.24) is 24.8 Å². The highest BCUT2D eigenvalue weighted by molar-refractivity contribution is 5.95. The lowest BCUT2D eigenvalue weighted by molar-refractivity contribution is 0.246. The number of nitrogens with one attached hydrogen (secondary N) is 1.